The van der Waals surface area contributed by atoms with Crippen LogP contribution in [0.5, 0.6) is 11.6 Å². The van der Waals surface area contributed by atoms with Crippen molar-refractivity contribution in [3.8, 4) is 11.6 Å². The molecule has 34 heavy (non-hydrogen) atoms. The first-order valence-corrected chi connectivity index (χ1v) is 11.7. The van der Waals surface area contributed by atoms with E-state index in [1.54, 1.807) is 24.3 Å². The molecule has 10 heteroatoms. The smallest absolute Gasteiger partial charge is 0.295 e. The third-order valence-corrected chi connectivity index (χ3v) is 6.56. The number of hydrogen-bond donors (Lipinski definition) is 3. The molecular formula is C24H22N4O5S. The molecule has 3 aromatic carbocycles. The van der Waals surface area contributed by atoms with Crippen molar-refractivity contribution >= 4 is 38.2 Å². The Hall–Kier alpha value is -4.18. The number of sulfonamides is 1. The first kappa shape index (κ1) is 23.0. The van der Waals surface area contributed by atoms with Crippen LogP contribution in [0.25, 0.3) is 10.9 Å². The van der Waals surface area contributed by atoms with E-state index in [0.29, 0.717) is 22.3 Å². The largest absolute Gasteiger partial charge is 0.497 e. The van der Waals surface area contributed by atoms with Gasteiger partial charge >= 0.3 is 0 Å². The van der Waals surface area contributed by atoms with Crippen molar-refractivity contribution in [3.05, 3.63) is 77.4 Å². The van der Waals surface area contributed by atoms with Crippen LogP contribution in [-0.2, 0) is 10.0 Å². The van der Waals surface area contributed by atoms with E-state index in [1.165, 1.54) is 31.4 Å². The summed E-state index contributed by atoms with van der Waals surface area (Å²) in [4.78, 5) is 15.4. The molecule has 0 aliphatic rings. The molecule has 0 radical (unpaired) electrons. The van der Waals surface area contributed by atoms with Crippen LogP contribution in [0.2, 0.25) is 0 Å². The van der Waals surface area contributed by atoms with Crippen molar-refractivity contribution in [3.63, 3.8) is 0 Å². The molecule has 0 fully saturated rings. The highest BCUT2D eigenvalue weighted by Gasteiger charge is 2.18. The third-order valence-electron chi connectivity index (χ3n) is 5.18. The van der Waals surface area contributed by atoms with E-state index in [2.05, 4.69) is 19.9 Å². The first-order chi connectivity index (χ1) is 16.2. The second-order valence-electron chi connectivity index (χ2n) is 7.69. The fourth-order valence-electron chi connectivity index (χ4n) is 3.55. The van der Waals surface area contributed by atoms with Crippen molar-refractivity contribution in [2.75, 3.05) is 11.8 Å². The molecule has 0 saturated carbocycles. The number of azo groups is 1. The van der Waals surface area contributed by atoms with Crippen LogP contribution < -0.4 is 9.46 Å². The van der Waals surface area contributed by atoms with Crippen LogP contribution in [-0.4, -0.2) is 31.5 Å². The number of anilines is 1. The summed E-state index contributed by atoms with van der Waals surface area (Å²) in [6.07, 6.45) is 0. The number of aryl methyl sites for hydroxylation is 2. The lowest BCUT2D eigenvalue weighted by Crippen LogP contribution is -2.13. The van der Waals surface area contributed by atoms with Gasteiger partial charge in [-0.1, -0.05) is 17.7 Å². The molecule has 4 rings (SSSR count). The van der Waals surface area contributed by atoms with Crippen molar-refractivity contribution in [1.82, 2.24) is 4.98 Å². The number of nitrogens with zero attached hydrogens (tertiary/aromatic N) is 2. The van der Waals surface area contributed by atoms with Gasteiger partial charge in [0.15, 0.2) is 5.69 Å². The molecule has 174 valence electrons. The molecule has 0 aliphatic carbocycles. The molecule has 0 unspecified atom stereocenters. The van der Waals surface area contributed by atoms with E-state index < -0.39 is 15.9 Å². The molecule has 1 amide bonds. The molecule has 0 atom stereocenters. The van der Waals surface area contributed by atoms with Crippen LogP contribution in [0.15, 0.2) is 75.8 Å². The van der Waals surface area contributed by atoms with Gasteiger partial charge in [0.1, 0.15) is 5.75 Å². The maximum absolute atomic E-state index is 12.8. The maximum atomic E-state index is 12.8. The predicted octanol–water partition coefficient (Wildman–Crippen LogP) is 5.22. The Kier molecular flexibility index (Phi) is 6.08. The number of H-pyrrole nitrogens is 1. The molecule has 1 heterocycles. The van der Waals surface area contributed by atoms with Crippen LogP contribution >= 0.6 is 0 Å². The fraction of sp³-hybridized carbons (Fsp3) is 0.125. The monoisotopic (exact) mass is 478 g/mol. The highest BCUT2D eigenvalue weighted by atomic mass is 32.2. The Morgan fingerprint density at radius 1 is 1.06 bits per heavy atom. The number of fused-ring (bicyclic) bond motifs is 1. The van der Waals surface area contributed by atoms with Gasteiger partial charge in [-0.15, -0.1) is 10.2 Å². The van der Waals surface area contributed by atoms with Gasteiger partial charge < -0.3 is 14.8 Å². The number of carbonyl (C=O) groups is 1. The quantitative estimate of drug-likeness (QED) is 0.327. The molecule has 0 spiro atoms. The zero-order chi connectivity index (χ0) is 24.5. The van der Waals surface area contributed by atoms with Gasteiger partial charge in [-0.3, -0.25) is 9.52 Å². The Balaban J connectivity index is 1.59. The molecule has 0 bridgehead atoms. The zero-order valence-electron chi connectivity index (χ0n) is 18.7. The Labute approximate surface area is 196 Å². The lowest BCUT2D eigenvalue weighted by molar-refractivity contribution is 0.0995. The summed E-state index contributed by atoms with van der Waals surface area (Å²) < 4.78 is 33.1. The minimum absolute atomic E-state index is 0.0352. The van der Waals surface area contributed by atoms with Gasteiger partial charge in [-0.2, -0.15) is 0 Å². The van der Waals surface area contributed by atoms with E-state index in [1.807, 2.05) is 26.0 Å². The van der Waals surface area contributed by atoms with E-state index in [9.17, 15) is 18.3 Å². The maximum Gasteiger partial charge on any atom is 0.295 e. The number of carbonyl (C=O) groups excluding carboxylic acids is 1. The number of amides is 1. The molecule has 3 N–H and O–H groups in total. The van der Waals surface area contributed by atoms with Gasteiger partial charge in [0.25, 0.3) is 15.9 Å². The summed E-state index contributed by atoms with van der Waals surface area (Å²) in [5, 5.41) is 18.5. The summed E-state index contributed by atoms with van der Waals surface area (Å²) in [6, 6.07) is 15.6. The van der Waals surface area contributed by atoms with Crippen LogP contribution in [0.3, 0.4) is 0 Å². The normalized spacial score (nSPS) is 11.7. The van der Waals surface area contributed by atoms with E-state index in [-0.39, 0.29) is 22.0 Å². The second kappa shape index (κ2) is 8.99. The van der Waals surface area contributed by atoms with Crippen molar-refractivity contribution in [2.45, 2.75) is 18.7 Å². The highest BCUT2D eigenvalue weighted by Crippen LogP contribution is 2.37. The molecular weight excluding hydrogens is 456 g/mol. The number of aromatic amines is 1. The summed E-state index contributed by atoms with van der Waals surface area (Å²) in [5.74, 6) is -0.368. The molecule has 4 aromatic rings. The zero-order valence-corrected chi connectivity index (χ0v) is 19.5. The molecule has 0 aliphatic heterocycles. The average Bonchev–Trinajstić information content (AvgIpc) is 3.13. The minimum atomic E-state index is -3.95. The van der Waals surface area contributed by atoms with Crippen LogP contribution in [0.1, 0.15) is 21.5 Å². The summed E-state index contributed by atoms with van der Waals surface area (Å²) in [6.45, 7) is 3.80. The number of rotatable bonds is 6. The number of benzene rings is 3. The summed E-state index contributed by atoms with van der Waals surface area (Å²) >= 11 is 0. The van der Waals surface area contributed by atoms with Crippen molar-refractivity contribution in [1.29, 1.82) is 0 Å². The van der Waals surface area contributed by atoms with Gasteiger partial charge in [-0.05, 0) is 67.9 Å². The van der Waals surface area contributed by atoms with Gasteiger partial charge in [0.05, 0.1) is 17.5 Å². The standard InChI is InChI=1S/C24H22N4O5S/c1-14-11-15(2)21-20(12-14)22(24(30)25-21)26-27-23(29)16-5-4-6-19(13-16)34(31,32)28-17-7-9-18(33-3)10-8-17/h4-13,25,28,30H,1-3H3. The van der Waals surface area contributed by atoms with Crippen LogP contribution in [0.4, 0.5) is 11.4 Å². The van der Waals surface area contributed by atoms with Crippen molar-refractivity contribution in [2.24, 2.45) is 10.2 Å². The van der Waals surface area contributed by atoms with Crippen LogP contribution in [0, 0.1) is 13.8 Å². The Bertz CT molecular complexity index is 1520. The van der Waals surface area contributed by atoms with Gasteiger partial charge in [-0.25, -0.2) is 8.42 Å². The summed E-state index contributed by atoms with van der Waals surface area (Å²) in [7, 11) is -2.44. The highest BCUT2D eigenvalue weighted by molar-refractivity contribution is 7.92. The van der Waals surface area contributed by atoms with Crippen molar-refractivity contribution < 1.29 is 23.1 Å². The average molecular weight is 479 g/mol. The predicted molar refractivity (Wildman–Crippen MR) is 129 cm³/mol. The number of ether oxygens (including phenoxy) is 1. The lowest BCUT2D eigenvalue weighted by Gasteiger charge is -2.09. The first-order valence-electron chi connectivity index (χ1n) is 10.2. The number of methoxy groups -OCH3 is 1. The molecule has 1 aromatic heterocycles. The minimum Gasteiger partial charge on any atom is -0.497 e. The number of hydrogen-bond acceptors (Lipinski definition) is 6. The second-order valence-corrected chi connectivity index (χ2v) is 9.38. The van der Waals surface area contributed by atoms with E-state index in [0.717, 1.165) is 11.1 Å². The lowest BCUT2D eigenvalue weighted by atomic mass is 10.1. The third kappa shape index (κ3) is 4.62. The van der Waals surface area contributed by atoms with E-state index in [4.69, 9.17) is 4.74 Å². The number of nitrogens with one attached hydrogen (secondary N) is 2. The molecule has 9 nitrogen and oxygen atoms in total. The molecule has 0 saturated heterocycles. The summed E-state index contributed by atoms with van der Waals surface area (Å²) in [5.41, 5.74) is 3.10. The van der Waals surface area contributed by atoms with Gasteiger partial charge in [0.2, 0.25) is 5.88 Å². The SMILES string of the molecule is COc1ccc(NS(=O)(=O)c2cccc(C(=O)N=Nc3c(O)[nH]c4c(C)cc(C)cc34)c2)cc1. The Morgan fingerprint density at radius 3 is 2.50 bits per heavy atom. The number of aromatic nitrogens is 1. The van der Waals surface area contributed by atoms with E-state index >= 15 is 0 Å². The Morgan fingerprint density at radius 2 is 1.79 bits per heavy atom. The fourth-order valence-corrected chi connectivity index (χ4v) is 4.65. The van der Waals surface area contributed by atoms with Gasteiger partial charge in [0, 0.05) is 16.6 Å². The topological polar surface area (TPSA) is 133 Å². The number of aromatic hydroxyl groups is 1.